The Balaban J connectivity index is 1.08. The van der Waals surface area contributed by atoms with Crippen LogP contribution < -0.4 is 0 Å². The van der Waals surface area contributed by atoms with Crippen molar-refractivity contribution in [2.75, 3.05) is 0 Å². The first-order valence-corrected chi connectivity index (χ1v) is 19.5. The Morgan fingerprint density at radius 3 is 1.65 bits per heavy atom. The molecule has 0 fully saturated rings. The molecule has 11 rings (SSSR count). The van der Waals surface area contributed by atoms with Crippen LogP contribution in [0.2, 0.25) is 0 Å². The molecule has 2 heterocycles. The van der Waals surface area contributed by atoms with Gasteiger partial charge in [0, 0.05) is 26.5 Å². The molecule has 0 saturated heterocycles. The van der Waals surface area contributed by atoms with Gasteiger partial charge in [-0.1, -0.05) is 181 Å². The van der Waals surface area contributed by atoms with Crippen molar-refractivity contribution in [1.82, 2.24) is 15.0 Å². The van der Waals surface area contributed by atoms with Crippen LogP contribution in [-0.2, 0) is 5.41 Å². The van der Waals surface area contributed by atoms with Crippen LogP contribution in [0.4, 0.5) is 0 Å². The van der Waals surface area contributed by atoms with E-state index in [9.17, 15) is 0 Å². The number of fused-ring (bicyclic) bond motifs is 11. The Morgan fingerprint density at radius 2 is 0.945 bits per heavy atom. The first-order chi connectivity index (χ1) is 27.1. The van der Waals surface area contributed by atoms with Crippen molar-refractivity contribution in [1.29, 1.82) is 0 Å². The number of aryl methyl sites for hydroxylation is 1. The SMILES string of the molecule is Cc1ccc2c(c1)C1(c3cc(-c4ccc(-c5nc(-c6ccccc6)nc(-c6ccccc6)n5)cc4)ccc3S2)c2ccccc2-c2c1ccc1ccccc21. The summed E-state index contributed by atoms with van der Waals surface area (Å²) in [4.78, 5) is 17.4. The van der Waals surface area contributed by atoms with Gasteiger partial charge in [0.2, 0.25) is 0 Å². The van der Waals surface area contributed by atoms with Crippen LogP contribution in [0, 0.1) is 6.92 Å². The van der Waals surface area contributed by atoms with Crippen molar-refractivity contribution < 1.29 is 0 Å². The van der Waals surface area contributed by atoms with Crippen LogP contribution >= 0.6 is 11.8 Å². The molecular formula is C51H33N3S. The molecule has 1 unspecified atom stereocenters. The zero-order chi connectivity index (χ0) is 36.5. The normalized spacial score (nSPS) is 15.0. The Kier molecular flexibility index (Phi) is 7.23. The number of nitrogens with zero attached hydrogens (tertiary/aromatic N) is 3. The number of aromatic nitrogens is 3. The fourth-order valence-corrected chi connectivity index (χ4v) is 9.91. The Bertz CT molecular complexity index is 2900. The maximum atomic E-state index is 4.98. The summed E-state index contributed by atoms with van der Waals surface area (Å²) < 4.78 is 0. The van der Waals surface area contributed by atoms with Gasteiger partial charge < -0.3 is 0 Å². The minimum absolute atomic E-state index is 0.458. The third-order valence-corrected chi connectivity index (χ3v) is 12.4. The first kappa shape index (κ1) is 31.9. The molecule has 1 aromatic heterocycles. The maximum Gasteiger partial charge on any atom is 0.164 e. The topological polar surface area (TPSA) is 38.7 Å². The summed E-state index contributed by atoms with van der Waals surface area (Å²) >= 11 is 1.89. The molecule has 3 nitrogen and oxygen atoms in total. The molecule has 1 atom stereocenters. The molecule has 0 N–H and O–H groups in total. The summed E-state index contributed by atoms with van der Waals surface area (Å²) in [7, 11) is 0. The zero-order valence-electron chi connectivity index (χ0n) is 30.1. The highest BCUT2D eigenvalue weighted by atomic mass is 32.2. The number of hydrogen-bond acceptors (Lipinski definition) is 4. The van der Waals surface area contributed by atoms with Gasteiger partial charge in [-0.2, -0.15) is 0 Å². The number of benzene rings is 8. The molecule has 1 spiro atoms. The van der Waals surface area contributed by atoms with E-state index in [0.717, 1.165) is 22.3 Å². The van der Waals surface area contributed by atoms with E-state index in [4.69, 9.17) is 15.0 Å². The van der Waals surface area contributed by atoms with E-state index in [0.29, 0.717) is 17.5 Å². The summed E-state index contributed by atoms with van der Waals surface area (Å²) in [5, 5.41) is 2.57. The minimum Gasteiger partial charge on any atom is -0.208 e. The average molecular weight is 720 g/mol. The fourth-order valence-electron chi connectivity index (χ4n) is 8.76. The second-order valence-corrected chi connectivity index (χ2v) is 15.5. The van der Waals surface area contributed by atoms with Gasteiger partial charge in [0.1, 0.15) is 0 Å². The van der Waals surface area contributed by atoms with E-state index >= 15 is 0 Å². The van der Waals surface area contributed by atoms with Crippen LogP contribution in [0.5, 0.6) is 0 Å². The molecule has 8 aromatic carbocycles. The highest BCUT2D eigenvalue weighted by Gasteiger charge is 2.50. The van der Waals surface area contributed by atoms with Crippen molar-refractivity contribution in [2.45, 2.75) is 22.1 Å². The van der Waals surface area contributed by atoms with Crippen LogP contribution in [0.1, 0.15) is 27.8 Å². The molecule has 0 amide bonds. The summed E-state index contributed by atoms with van der Waals surface area (Å²) in [5.74, 6) is 1.97. The van der Waals surface area contributed by atoms with Crippen LogP contribution in [0.3, 0.4) is 0 Å². The summed E-state index contributed by atoms with van der Waals surface area (Å²) in [6, 6.07) is 65.6. The lowest BCUT2D eigenvalue weighted by Crippen LogP contribution is -2.32. The highest BCUT2D eigenvalue weighted by Crippen LogP contribution is 2.63. The molecule has 1 aliphatic heterocycles. The van der Waals surface area contributed by atoms with Gasteiger partial charge in [0.15, 0.2) is 17.5 Å². The van der Waals surface area contributed by atoms with Crippen molar-refractivity contribution in [3.05, 3.63) is 210 Å². The van der Waals surface area contributed by atoms with Gasteiger partial charge in [-0.3, -0.25) is 0 Å². The molecule has 2 aliphatic rings. The third kappa shape index (κ3) is 4.95. The highest BCUT2D eigenvalue weighted by molar-refractivity contribution is 7.99. The molecule has 0 saturated carbocycles. The van der Waals surface area contributed by atoms with E-state index < -0.39 is 5.41 Å². The number of rotatable bonds is 4. The average Bonchev–Trinajstić information content (AvgIpc) is 3.55. The van der Waals surface area contributed by atoms with Crippen molar-refractivity contribution >= 4 is 22.5 Å². The summed E-state index contributed by atoms with van der Waals surface area (Å²) in [6.07, 6.45) is 0. The molecule has 4 heteroatoms. The molecule has 9 aromatic rings. The van der Waals surface area contributed by atoms with Gasteiger partial charge in [0.05, 0.1) is 5.41 Å². The Labute approximate surface area is 324 Å². The second kappa shape index (κ2) is 12.5. The monoisotopic (exact) mass is 719 g/mol. The standard InChI is InChI=1S/C51H33N3S/c1-32-20-28-45-43(30-32)51(41-19-11-10-18-40(41)47-39-17-9-8-12-34(39)25-27-42(47)51)44-31-38(26-29-46(44)55-45)33-21-23-37(24-22-33)50-53-48(35-13-4-2-5-14-35)52-49(54-50)36-15-6-3-7-16-36/h2-31H,1H3. The molecular weight excluding hydrogens is 687 g/mol. The van der Waals surface area contributed by atoms with Crippen LogP contribution in [0.15, 0.2) is 192 Å². The maximum absolute atomic E-state index is 4.98. The summed E-state index contributed by atoms with van der Waals surface area (Å²) in [5.41, 5.74) is 14.0. The minimum atomic E-state index is -0.458. The molecule has 1 aliphatic carbocycles. The van der Waals surface area contributed by atoms with Crippen LogP contribution in [-0.4, -0.2) is 15.0 Å². The third-order valence-electron chi connectivity index (χ3n) is 11.3. The lowest BCUT2D eigenvalue weighted by Gasteiger charge is -2.40. The number of hydrogen-bond donors (Lipinski definition) is 0. The van der Waals surface area contributed by atoms with Crippen molar-refractivity contribution in [3.8, 4) is 56.4 Å². The van der Waals surface area contributed by atoms with Gasteiger partial charge in [0.25, 0.3) is 0 Å². The first-order valence-electron chi connectivity index (χ1n) is 18.7. The molecule has 258 valence electrons. The van der Waals surface area contributed by atoms with Gasteiger partial charge in [-0.25, -0.2) is 15.0 Å². The van der Waals surface area contributed by atoms with E-state index in [2.05, 4.69) is 128 Å². The van der Waals surface area contributed by atoms with E-state index in [1.165, 1.54) is 65.1 Å². The predicted molar refractivity (Wildman–Crippen MR) is 225 cm³/mol. The van der Waals surface area contributed by atoms with Gasteiger partial charge >= 0.3 is 0 Å². The second-order valence-electron chi connectivity index (χ2n) is 14.4. The zero-order valence-corrected chi connectivity index (χ0v) is 30.9. The largest absolute Gasteiger partial charge is 0.208 e. The smallest absolute Gasteiger partial charge is 0.164 e. The lowest BCUT2D eigenvalue weighted by molar-refractivity contribution is 0.722. The quantitative estimate of drug-likeness (QED) is 0.182. The van der Waals surface area contributed by atoms with Gasteiger partial charge in [-0.15, -0.1) is 0 Å². The fraction of sp³-hybridized carbons (Fsp3) is 0.0392. The summed E-state index contributed by atoms with van der Waals surface area (Å²) in [6.45, 7) is 2.21. The van der Waals surface area contributed by atoms with Crippen LogP contribution in [0.25, 0.3) is 67.2 Å². The van der Waals surface area contributed by atoms with E-state index in [1.54, 1.807) is 0 Å². The molecule has 55 heavy (non-hydrogen) atoms. The van der Waals surface area contributed by atoms with Gasteiger partial charge in [-0.05, 0) is 80.4 Å². The van der Waals surface area contributed by atoms with E-state index in [-0.39, 0.29) is 0 Å². The molecule has 0 bridgehead atoms. The Morgan fingerprint density at radius 1 is 0.400 bits per heavy atom. The molecule has 0 radical (unpaired) electrons. The van der Waals surface area contributed by atoms with Crippen molar-refractivity contribution in [2.24, 2.45) is 0 Å². The Hall–Kier alpha value is -6.62. The van der Waals surface area contributed by atoms with E-state index in [1.807, 2.05) is 72.4 Å². The predicted octanol–water partition coefficient (Wildman–Crippen LogP) is 12.8. The van der Waals surface area contributed by atoms with Crippen molar-refractivity contribution in [3.63, 3.8) is 0 Å². The lowest BCUT2D eigenvalue weighted by atomic mass is 9.66.